The molecule has 1 heterocycles. The third kappa shape index (κ3) is 4.89. The predicted octanol–water partition coefficient (Wildman–Crippen LogP) is 3.88. The number of fused-ring (bicyclic) bond motifs is 1. The second kappa shape index (κ2) is 8.59. The number of aliphatic hydroxyl groups is 1. The van der Waals surface area contributed by atoms with E-state index in [1.54, 1.807) is 0 Å². The molecular weight excluding hydrogens is 433 g/mol. The van der Waals surface area contributed by atoms with E-state index in [1.807, 2.05) is 0 Å². The molecule has 1 N–H and O–H groups in total. The molecule has 0 spiro atoms. The Bertz CT molecular complexity index is 1410. The van der Waals surface area contributed by atoms with E-state index in [-0.39, 0.29) is 15.8 Å². The molecule has 0 saturated carbocycles. The van der Waals surface area contributed by atoms with Crippen LogP contribution in [0.3, 0.4) is 0 Å². The van der Waals surface area contributed by atoms with Crippen LogP contribution in [0.25, 0.3) is 10.9 Å². The van der Waals surface area contributed by atoms with E-state index in [4.69, 9.17) is 4.11 Å². The van der Waals surface area contributed by atoms with Gasteiger partial charge < -0.3 is 10.0 Å². The number of aromatic nitrogens is 2. The molecule has 5 nitrogen and oxygen atoms in total. The van der Waals surface area contributed by atoms with Gasteiger partial charge in [0.15, 0.2) is 17.5 Å². The molecule has 0 aliphatic heterocycles. The van der Waals surface area contributed by atoms with Crippen molar-refractivity contribution >= 4 is 22.4 Å². The van der Waals surface area contributed by atoms with Gasteiger partial charge in [0.25, 0.3) is 6.43 Å². The Balaban J connectivity index is 2.39. The zero-order valence-corrected chi connectivity index (χ0v) is 16.8. The monoisotopic (exact) mass is 454 g/mol. The van der Waals surface area contributed by atoms with Gasteiger partial charge in [-0.1, -0.05) is 11.8 Å². The molecule has 0 bridgehead atoms. The maximum absolute atomic E-state index is 14.9. The number of rotatable bonds is 4. The van der Waals surface area contributed by atoms with Gasteiger partial charge in [-0.2, -0.15) is 4.98 Å². The molecule has 0 aliphatic carbocycles. The lowest BCUT2D eigenvalue weighted by Crippen LogP contribution is -2.30. The number of benzene rings is 2. The Morgan fingerprint density at radius 1 is 1.25 bits per heavy atom. The number of hydrogen-bond acceptors (Lipinski definition) is 4. The molecular formula is C22H18F5N3O2. The smallest absolute Gasteiger partial charge is 0.349 e. The van der Waals surface area contributed by atoms with Gasteiger partial charge in [-0.25, -0.2) is 26.7 Å². The number of hydrogen-bond donors (Lipinski definition) is 1. The Labute approximate surface area is 183 Å². The molecule has 32 heavy (non-hydrogen) atoms. The SMILES string of the molecule is [2H]C([2H])([2H])n1c(=O)nc(N(CC(F)F)c2cc(F)cc(C#CC(C)(C)O)c2)c2c(F)c(F)ccc21. The molecule has 10 heteroatoms. The molecule has 0 amide bonds. The van der Waals surface area contributed by atoms with Gasteiger partial charge in [0, 0.05) is 22.3 Å². The van der Waals surface area contributed by atoms with Gasteiger partial charge in [-0.05, 0) is 44.2 Å². The molecule has 0 atom stereocenters. The van der Waals surface area contributed by atoms with Crippen LogP contribution in [0.4, 0.5) is 33.5 Å². The van der Waals surface area contributed by atoms with E-state index >= 15 is 0 Å². The Hall–Kier alpha value is -3.45. The highest BCUT2D eigenvalue weighted by atomic mass is 19.3. The van der Waals surface area contributed by atoms with Crippen LogP contribution >= 0.6 is 0 Å². The summed E-state index contributed by atoms with van der Waals surface area (Å²) in [6.45, 7) is -1.68. The Kier molecular flexibility index (Phi) is 5.17. The zero-order chi connectivity index (χ0) is 26.3. The molecule has 0 aliphatic rings. The van der Waals surface area contributed by atoms with Crippen molar-refractivity contribution in [3.05, 3.63) is 63.8 Å². The quantitative estimate of drug-likeness (QED) is 0.480. The Morgan fingerprint density at radius 3 is 2.59 bits per heavy atom. The summed E-state index contributed by atoms with van der Waals surface area (Å²) in [4.78, 5) is 16.6. The van der Waals surface area contributed by atoms with E-state index in [1.165, 1.54) is 13.8 Å². The highest BCUT2D eigenvalue weighted by molar-refractivity contribution is 5.92. The summed E-state index contributed by atoms with van der Waals surface area (Å²) >= 11 is 0. The first kappa shape index (κ1) is 19.3. The maximum Gasteiger partial charge on any atom is 0.349 e. The highest BCUT2D eigenvalue weighted by Gasteiger charge is 2.24. The van der Waals surface area contributed by atoms with Gasteiger partial charge in [0.2, 0.25) is 0 Å². The summed E-state index contributed by atoms with van der Waals surface area (Å²) in [6, 6.07) is 4.22. The van der Waals surface area contributed by atoms with Crippen molar-refractivity contribution in [2.75, 3.05) is 11.4 Å². The van der Waals surface area contributed by atoms with Gasteiger partial charge in [-0.3, -0.25) is 4.57 Å². The van der Waals surface area contributed by atoms with Crippen LogP contribution in [0.1, 0.15) is 23.5 Å². The summed E-state index contributed by atoms with van der Waals surface area (Å²) in [7, 11) is 0. The molecule has 0 saturated heterocycles. The largest absolute Gasteiger partial charge is 0.378 e. The van der Waals surface area contributed by atoms with E-state index in [9.17, 15) is 31.9 Å². The standard InChI is InChI=1S/C22H18F5N3O2/c1-22(2,32)7-6-12-8-13(23)10-14(9-12)30(11-17(25)26)20-18-16(29(3)21(31)28-20)5-4-15(24)19(18)27/h4-5,8-10,17,32H,11H2,1-3H3/i3D3. The fraction of sp³-hybridized carbons (Fsp3) is 0.273. The summed E-state index contributed by atoms with van der Waals surface area (Å²) in [5.74, 6) is 0.0162. The molecule has 2 aromatic carbocycles. The Morgan fingerprint density at radius 2 is 1.97 bits per heavy atom. The average Bonchev–Trinajstić information content (AvgIpc) is 2.70. The number of halogens is 5. The van der Waals surface area contributed by atoms with Crippen molar-refractivity contribution in [2.24, 2.45) is 6.98 Å². The lowest BCUT2D eigenvalue weighted by atomic mass is 10.1. The van der Waals surface area contributed by atoms with Crippen molar-refractivity contribution in [3.8, 4) is 11.8 Å². The molecule has 0 radical (unpaired) electrons. The van der Waals surface area contributed by atoms with Crippen LogP contribution in [0, 0.1) is 29.3 Å². The van der Waals surface area contributed by atoms with Crippen LogP contribution in [0.15, 0.2) is 35.1 Å². The molecule has 168 valence electrons. The first-order chi connectivity index (χ1) is 16.1. The summed E-state index contributed by atoms with van der Waals surface area (Å²) < 4.78 is 93.3. The van der Waals surface area contributed by atoms with Gasteiger partial charge in [0.05, 0.1) is 17.4 Å². The third-order valence-electron chi connectivity index (χ3n) is 4.21. The second-order valence-electron chi connectivity index (χ2n) is 7.32. The van der Waals surface area contributed by atoms with E-state index in [0.717, 1.165) is 24.3 Å². The second-order valence-corrected chi connectivity index (χ2v) is 7.32. The third-order valence-corrected chi connectivity index (χ3v) is 4.21. The van der Waals surface area contributed by atoms with Crippen LogP contribution in [-0.2, 0) is 6.98 Å². The summed E-state index contributed by atoms with van der Waals surface area (Å²) in [6.07, 6.45) is -3.12. The molecule has 0 unspecified atom stereocenters. The first-order valence-corrected chi connectivity index (χ1v) is 9.11. The molecule has 0 fully saturated rings. The minimum Gasteiger partial charge on any atom is -0.378 e. The number of nitrogens with zero attached hydrogens (tertiary/aromatic N) is 3. The van der Waals surface area contributed by atoms with Crippen molar-refractivity contribution in [2.45, 2.75) is 25.9 Å². The van der Waals surface area contributed by atoms with Crippen LogP contribution in [-0.4, -0.2) is 33.2 Å². The molecule has 1 aromatic heterocycles. The molecule has 3 aromatic rings. The van der Waals surface area contributed by atoms with E-state index in [2.05, 4.69) is 16.8 Å². The highest BCUT2D eigenvalue weighted by Crippen LogP contribution is 2.33. The number of anilines is 2. The summed E-state index contributed by atoms with van der Waals surface area (Å²) in [5.41, 5.74) is -3.96. The topological polar surface area (TPSA) is 58.4 Å². The van der Waals surface area contributed by atoms with Crippen LogP contribution in [0.5, 0.6) is 0 Å². The molecule has 3 rings (SSSR count). The van der Waals surface area contributed by atoms with Gasteiger partial charge in [0.1, 0.15) is 11.4 Å². The maximum atomic E-state index is 14.9. The van der Waals surface area contributed by atoms with Crippen LogP contribution < -0.4 is 10.6 Å². The van der Waals surface area contributed by atoms with Crippen molar-refractivity contribution in [1.82, 2.24) is 9.55 Å². The van der Waals surface area contributed by atoms with Gasteiger partial charge in [-0.15, -0.1) is 0 Å². The van der Waals surface area contributed by atoms with E-state index < -0.39 is 65.4 Å². The van der Waals surface area contributed by atoms with Crippen LogP contribution in [0.2, 0.25) is 0 Å². The number of alkyl halides is 2. The lowest BCUT2D eigenvalue weighted by molar-refractivity contribution is 0.143. The van der Waals surface area contributed by atoms with Crippen molar-refractivity contribution < 1.29 is 31.2 Å². The fourth-order valence-corrected chi connectivity index (χ4v) is 2.91. The predicted molar refractivity (Wildman–Crippen MR) is 109 cm³/mol. The summed E-state index contributed by atoms with van der Waals surface area (Å²) in [5, 5.41) is 8.91. The van der Waals surface area contributed by atoms with E-state index in [0.29, 0.717) is 11.0 Å². The minimum atomic E-state index is -3.16. The lowest BCUT2D eigenvalue weighted by Gasteiger charge is -2.25. The minimum absolute atomic E-state index is 0.0619. The number of aryl methyl sites for hydroxylation is 1. The fourth-order valence-electron chi connectivity index (χ4n) is 2.91. The normalized spacial score (nSPS) is 13.3. The van der Waals surface area contributed by atoms with Crippen molar-refractivity contribution in [1.29, 1.82) is 0 Å². The van der Waals surface area contributed by atoms with Crippen molar-refractivity contribution in [3.63, 3.8) is 0 Å². The average molecular weight is 454 g/mol. The van der Waals surface area contributed by atoms with Gasteiger partial charge >= 0.3 is 5.69 Å². The zero-order valence-electron chi connectivity index (χ0n) is 19.8. The first-order valence-electron chi connectivity index (χ1n) is 10.6.